The van der Waals surface area contributed by atoms with Gasteiger partial charge in [0.15, 0.2) is 0 Å². The van der Waals surface area contributed by atoms with Crippen LogP contribution in [0.25, 0.3) is 11.1 Å². The lowest BCUT2D eigenvalue weighted by Gasteiger charge is -2.14. The molecule has 0 radical (unpaired) electrons. The predicted octanol–water partition coefficient (Wildman–Crippen LogP) is 8.69. The maximum absolute atomic E-state index is 13.5. The molecule has 0 aromatic heterocycles. The minimum atomic E-state index is -4.68. The summed E-state index contributed by atoms with van der Waals surface area (Å²) in [7, 11) is -12.3. The molecule has 0 atom stereocenters. The molecule has 54 heavy (non-hydrogen) atoms. The first-order valence-corrected chi connectivity index (χ1v) is 21.2. The molecule has 6 aromatic carbocycles. The second kappa shape index (κ2) is 15.9. The van der Waals surface area contributed by atoms with E-state index >= 15 is 0 Å². The standard InChI is InChI=1S/C39H32O11S4/c1-26-3-13-32(14-4-26)52(41,42)34-17-9-30(10-18-34)48-31-11-19-35(20-12-31)53(43,44)33-15-6-28(7-16-33)24-29-8-22-37(39(25-29)54(45,46)47)36-21-5-27(2)23-38(36)51-50-49-40/h3-23,25,40H,24H2,1-2H3,(H,45,46,47). The van der Waals surface area contributed by atoms with Crippen LogP contribution in [0.1, 0.15) is 22.3 Å². The van der Waals surface area contributed by atoms with Crippen LogP contribution in [-0.4, -0.2) is 35.1 Å². The zero-order chi connectivity index (χ0) is 38.7. The number of aryl methyl sites for hydroxylation is 2. The molecule has 0 saturated heterocycles. The lowest BCUT2D eigenvalue weighted by Crippen LogP contribution is -2.04. The number of rotatable bonds is 13. The zero-order valence-corrected chi connectivity index (χ0v) is 31.9. The van der Waals surface area contributed by atoms with Gasteiger partial charge in [0, 0.05) is 10.5 Å². The van der Waals surface area contributed by atoms with Crippen molar-refractivity contribution in [3.05, 3.63) is 156 Å². The molecule has 0 aliphatic carbocycles. The van der Waals surface area contributed by atoms with Crippen molar-refractivity contribution in [1.82, 2.24) is 0 Å². The highest BCUT2D eigenvalue weighted by Gasteiger charge is 2.22. The molecule has 0 aliphatic heterocycles. The number of hydrogen-bond acceptors (Lipinski definition) is 11. The van der Waals surface area contributed by atoms with Crippen molar-refractivity contribution in [2.45, 2.75) is 49.6 Å². The molecule has 0 amide bonds. The van der Waals surface area contributed by atoms with E-state index in [0.717, 1.165) is 11.1 Å². The van der Waals surface area contributed by atoms with E-state index in [1.54, 1.807) is 66.7 Å². The molecule has 0 heterocycles. The molecule has 0 aliphatic rings. The molecule has 6 aromatic rings. The van der Waals surface area contributed by atoms with Crippen LogP contribution in [0.5, 0.6) is 11.5 Å². The largest absolute Gasteiger partial charge is 0.457 e. The fourth-order valence-electron chi connectivity index (χ4n) is 5.61. The molecular formula is C39H32O11S4. The van der Waals surface area contributed by atoms with Gasteiger partial charge in [-0.25, -0.2) is 22.1 Å². The molecule has 6 rings (SSSR count). The van der Waals surface area contributed by atoms with Gasteiger partial charge >= 0.3 is 0 Å². The Morgan fingerprint density at radius 2 is 0.981 bits per heavy atom. The third-order valence-electron chi connectivity index (χ3n) is 8.38. The van der Waals surface area contributed by atoms with Gasteiger partial charge in [-0.2, -0.15) is 8.42 Å². The molecule has 0 spiro atoms. The normalized spacial score (nSPS) is 12.1. The third kappa shape index (κ3) is 8.75. The van der Waals surface area contributed by atoms with Crippen LogP contribution in [0.3, 0.4) is 0 Å². The van der Waals surface area contributed by atoms with Gasteiger partial charge < -0.3 is 4.74 Å². The lowest BCUT2D eigenvalue weighted by atomic mass is 9.99. The summed E-state index contributed by atoms with van der Waals surface area (Å²) in [4.78, 5) is 0.452. The van der Waals surface area contributed by atoms with E-state index < -0.39 is 29.8 Å². The molecule has 11 nitrogen and oxygen atoms in total. The maximum Gasteiger partial charge on any atom is 0.295 e. The van der Waals surface area contributed by atoms with Gasteiger partial charge in [-0.3, -0.25) is 4.55 Å². The van der Waals surface area contributed by atoms with Crippen LogP contribution in [0.2, 0.25) is 0 Å². The molecule has 15 heteroatoms. The summed E-state index contributed by atoms with van der Waals surface area (Å²) in [6, 6.07) is 34.2. The van der Waals surface area contributed by atoms with Gasteiger partial charge in [-0.1, -0.05) is 59.1 Å². The summed E-state index contributed by atoms with van der Waals surface area (Å²) in [6.07, 6.45) is 0.227. The minimum Gasteiger partial charge on any atom is -0.457 e. The summed E-state index contributed by atoms with van der Waals surface area (Å²) >= 11 is 0.664. The second-order valence-corrected chi connectivity index (χ2v) is 18.2. The van der Waals surface area contributed by atoms with Crippen LogP contribution in [0.15, 0.2) is 163 Å². The van der Waals surface area contributed by atoms with Crippen molar-refractivity contribution < 1.29 is 49.2 Å². The van der Waals surface area contributed by atoms with Gasteiger partial charge in [0.25, 0.3) is 10.1 Å². The molecule has 0 fully saturated rings. The number of benzene rings is 6. The Morgan fingerprint density at radius 3 is 1.48 bits per heavy atom. The Bertz CT molecular complexity index is 2620. The third-order valence-corrected chi connectivity index (χ3v) is 13.5. The highest BCUT2D eigenvalue weighted by molar-refractivity contribution is 7.94. The van der Waals surface area contributed by atoms with Crippen molar-refractivity contribution in [2.75, 3.05) is 0 Å². The lowest BCUT2D eigenvalue weighted by molar-refractivity contribution is -0.432. The van der Waals surface area contributed by atoms with Crippen molar-refractivity contribution in [3.8, 4) is 22.6 Å². The highest BCUT2D eigenvalue weighted by Crippen LogP contribution is 2.37. The SMILES string of the molecule is Cc1ccc(S(=O)(=O)c2ccc(Oc3ccc(S(=O)(=O)c4ccc(Cc5ccc(-c6ccc(C)cc6SOOO)c(S(=O)(=O)O)c5)cc4)cc3)cc2)cc1. The van der Waals surface area contributed by atoms with Gasteiger partial charge in [-0.15, -0.1) is 4.33 Å². The fraction of sp³-hybridized carbons (Fsp3) is 0.0769. The van der Waals surface area contributed by atoms with Crippen LogP contribution < -0.4 is 4.74 Å². The monoisotopic (exact) mass is 804 g/mol. The van der Waals surface area contributed by atoms with E-state index in [2.05, 4.69) is 9.37 Å². The van der Waals surface area contributed by atoms with Gasteiger partial charge in [0.2, 0.25) is 19.7 Å². The fourth-order valence-corrected chi connectivity index (χ4v) is 9.49. The summed E-state index contributed by atoms with van der Waals surface area (Å²) in [5, 5.41) is 12.3. The van der Waals surface area contributed by atoms with Crippen LogP contribution in [0, 0.1) is 13.8 Å². The first-order valence-electron chi connectivity index (χ1n) is 16.1. The molecular weight excluding hydrogens is 773 g/mol. The van der Waals surface area contributed by atoms with Crippen LogP contribution in [0.4, 0.5) is 0 Å². The molecule has 2 N–H and O–H groups in total. The van der Waals surface area contributed by atoms with Gasteiger partial charge in [0.1, 0.15) is 16.4 Å². The second-order valence-electron chi connectivity index (χ2n) is 12.2. The minimum absolute atomic E-state index is 0.0279. The van der Waals surface area contributed by atoms with Crippen LogP contribution >= 0.6 is 12.0 Å². The van der Waals surface area contributed by atoms with Crippen molar-refractivity contribution in [1.29, 1.82) is 0 Å². The van der Waals surface area contributed by atoms with Gasteiger partial charge in [-0.05, 0) is 127 Å². The maximum atomic E-state index is 13.5. The zero-order valence-electron chi connectivity index (χ0n) is 28.6. The Labute approximate surface area is 317 Å². The summed E-state index contributed by atoms with van der Waals surface area (Å²) in [5.74, 6) is 0.711. The van der Waals surface area contributed by atoms with Crippen molar-refractivity contribution in [2.24, 2.45) is 0 Å². The van der Waals surface area contributed by atoms with E-state index in [0.29, 0.717) is 45.1 Å². The van der Waals surface area contributed by atoms with Crippen LogP contribution in [-0.2, 0) is 45.6 Å². The van der Waals surface area contributed by atoms with E-state index in [9.17, 15) is 29.8 Å². The van der Waals surface area contributed by atoms with E-state index in [-0.39, 0.29) is 36.5 Å². The molecule has 0 saturated carbocycles. The Kier molecular flexibility index (Phi) is 11.4. The first-order chi connectivity index (χ1) is 25.6. The average molecular weight is 805 g/mol. The first kappa shape index (κ1) is 38.9. The number of ether oxygens (including phenoxy) is 1. The smallest absolute Gasteiger partial charge is 0.295 e. The number of sulfone groups is 2. The molecule has 0 bridgehead atoms. The van der Waals surface area contributed by atoms with Crippen molar-refractivity contribution in [3.63, 3.8) is 0 Å². The number of hydrogen-bond donors (Lipinski definition) is 2. The van der Waals surface area contributed by atoms with Gasteiger partial charge in [0.05, 0.1) is 31.6 Å². The molecule has 278 valence electrons. The average Bonchev–Trinajstić information content (AvgIpc) is 3.15. The topological polar surface area (TPSA) is 171 Å². The van der Waals surface area contributed by atoms with E-state index in [1.165, 1.54) is 66.7 Å². The molecule has 0 unspecified atom stereocenters. The highest BCUT2D eigenvalue weighted by atomic mass is 32.2. The summed E-state index contributed by atoms with van der Waals surface area (Å²) < 4.78 is 98.4. The predicted molar refractivity (Wildman–Crippen MR) is 201 cm³/mol. The summed E-state index contributed by atoms with van der Waals surface area (Å²) in [5.41, 5.74) is 3.62. The Balaban J connectivity index is 1.15. The van der Waals surface area contributed by atoms with Crippen molar-refractivity contribution >= 4 is 41.8 Å². The Hall–Kier alpha value is -4.84. The van der Waals surface area contributed by atoms with E-state index in [1.807, 2.05) is 13.8 Å². The summed E-state index contributed by atoms with van der Waals surface area (Å²) in [6.45, 7) is 3.69. The quantitative estimate of drug-likeness (QED) is 0.0493. The van der Waals surface area contributed by atoms with E-state index in [4.69, 9.17) is 9.99 Å². The Morgan fingerprint density at radius 1 is 0.537 bits per heavy atom.